The van der Waals surface area contributed by atoms with E-state index in [1.54, 1.807) is 25.1 Å². The van der Waals surface area contributed by atoms with Crippen molar-refractivity contribution in [2.75, 3.05) is 4.72 Å². The SMILES string of the molecule is Cc1cc(-c2ccc(C)c(S(=O)(=O)Nc3c(C)cccc3C)c2)on1. The van der Waals surface area contributed by atoms with Gasteiger partial charge in [-0.2, -0.15) is 0 Å². The number of rotatable bonds is 4. The summed E-state index contributed by atoms with van der Waals surface area (Å²) in [6.07, 6.45) is 0. The molecule has 0 spiro atoms. The van der Waals surface area contributed by atoms with E-state index < -0.39 is 10.0 Å². The predicted octanol–water partition coefficient (Wildman–Crippen LogP) is 4.38. The van der Waals surface area contributed by atoms with Crippen LogP contribution in [0, 0.1) is 27.7 Å². The maximum absolute atomic E-state index is 13.0. The van der Waals surface area contributed by atoms with Crippen molar-refractivity contribution in [1.82, 2.24) is 5.16 Å². The minimum absolute atomic E-state index is 0.224. The van der Waals surface area contributed by atoms with E-state index in [1.807, 2.05) is 45.0 Å². The fraction of sp³-hybridized carbons (Fsp3) is 0.211. The zero-order valence-corrected chi connectivity index (χ0v) is 15.4. The first-order valence-corrected chi connectivity index (χ1v) is 9.39. The van der Waals surface area contributed by atoms with Crippen LogP contribution >= 0.6 is 0 Å². The van der Waals surface area contributed by atoms with E-state index in [2.05, 4.69) is 9.88 Å². The van der Waals surface area contributed by atoms with Crippen molar-refractivity contribution in [3.05, 3.63) is 64.8 Å². The lowest BCUT2D eigenvalue weighted by Crippen LogP contribution is -2.16. The molecule has 6 heteroatoms. The average molecular weight is 356 g/mol. The van der Waals surface area contributed by atoms with Crippen molar-refractivity contribution in [1.29, 1.82) is 0 Å². The lowest BCUT2D eigenvalue weighted by Gasteiger charge is -2.15. The normalized spacial score (nSPS) is 11.5. The van der Waals surface area contributed by atoms with Gasteiger partial charge in [0.2, 0.25) is 0 Å². The fourth-order valence-electron chi connectivity index (χ4n) is 2.71. The van der Waals surface area contributed by atoms with E-state index in [0.29, 0.717) is 22.6 Å². The van der Waals surface area contributed by atoms with Gasteiger partial charge in [-0.25, -0.2) is 8.42 Å². The highest BCUT2D eigenvalue weighted by atomic mass is 32.2. The molecular weight excluding hydrogens is 336 g/mol. The Hall–Kier alpha value is -2.60. The summed E-state index contributed by atoms with van der Waals surface area (Å²) in [6.45, 7) is 7.35. The molecule has 5 nitrogen and oxygen atoms in total. The third-order valence-electron chi connectivity index (χ3n) is 4.11. The van der Waals surface area contributed by atoms with Crippen molar-refractivity contribution in [2.24, 2.45) is 0 Å². The van der Waals surface area contributed by atoms with Crippen LogP contribution in [0.3, 0.4) is 0 Å². The maximum atomic E-state index is 13.0. The van der Waals surface area contributed by atoms with Crippen LogP contribution < -0.4 is 4.72 Å². The smallest absolute Gasteiger partial charge is 0.262 e. The Balaban J connectivity index is 2.05. The third kappa shape index (κ3) is 3.44. The van der Waals surface area contributed by atoms with E-state index in [9.17, 15) is 8.42 Å². The molecule has 1 aromatic heterocycles. The summed E-state index contributed by atoms with van der Waals surface area (Å²) in [4.78, 5) is 0.224. The number of aryl methyl sites for hydroxylation is 4. The van der Waals surface area contributed by atoms with E-state index >= 15 is 0 Å². The summed E-state index contributed by atoms with van der Waals surface area (Å²) in [7, 11) is -3.72. The van der Waals surface area contributed by atoms with Crippen LogP contribution in [0.4, 0.5) is 5.69 Å². The maximum Gasteiger partial charge on any atom is 0.262 e. The second-order valence-corrected chi connectivity index (χ2v) is 7.84. The molecule has 25 heavy (non-hydrogen) atoms. The molecule has 0 aliphatic rings. The largest absolute Gasteiger partial charge is 0.356 e. The van der Waals surface area contributed by atoms with Crippen LogP contribution in [0.25, 0.3) is 11.3 Å². The minimum Gasteiger partial charge on any atom is -0.356 e. The predicted molar refractivity (Wildman–Crippen MR) is 98.1 cm³/mol. The van der Waals surface area contributed by atoms with E-state index in [1.165, 1.54) is 0 Å². The standard InChI is InChI=1S/C19H20N2O3S/c1-12-8-9-16(17-10-15(4)20-24-17)11-18(12)25(22,23)21-19-13(2)6-5-7-14(19)3/h5-11,21H,1-4H3. The van der Waals surface area contributed by atoms with Gasteiger partial charge in [0.1, 0.15) is 0 Å². The van der Waals surface area contributed by atoms with Gasteiger partial charge >= 0.3 is 0 Å². The summed E-state index contributed by atoms with van der Waals surface area (Å²) in [5.41, 5.74) is 4.45. The van der Waals surface area contributed by atoms with Crippen molar-refractivity contribution in [3.63, 3.8) is 0 Å². The van der Waals surface area contributed by atoms with Gasteiger partial charge in [-0.05, 0) is 50.5 Å². The van der Waals surface area contributed by atoms with Crippen molar-refractivity contribution in [2.45, 2.75) is 32.6 Å². The Morgan fingerprint density at radius 2 is 1.60 bits per heavy atom. The second-order valence-electron chi connectivity index (χ2n) is 6.19. The fourth-order valence-corrected chi connectivity index (χ4v) is 4.18. The van der Waals surface area contributed by atoms with Crippen LogP contribution in [0.1, 0.15) is 22.4 Å². The van der Waals surface area contributed by atoms with Crippen LogP contribution in [0.2, 0.25) is 0 Å². The van der Waals surface area contributed by atoms with Gasteiger partial charge < -0.3 is 4.52 Å². The van der Waals surface area contributed by atoms with E-state index in [0.717, 1.165) is 16.8 Å². The first kappa shape index (κ1) is 17.2. The second kappa shape index (κ2) is 6.37. The molecule has 0 aliphatic heterocycles. The number of nitrogens with one attached hydrogen (secondary N) is 1. The minimum atomic E-state index is -3.72. The molecule has 1 heterocycles. The zero-order valence-electron chi connectivity index (χ0n) is 14.6. The molecule has 0 aliphatic carbocycles. The Morgan fingerprint density at radius 1 is 0.920 bits per heavy atom. The topological polar surface area (TPSA) is 72.2 Å². The molecule has 130 valence electrons. The molecule has 0 saturated heterocycles. The zero-order chi connectivity index (χ0) is 18.2. The highest BCUT2D eigenvalue weighted by Gasteiger charge is 2.20. The molecule has 0 unspecified atom stereocenters. The summed E-state index contributed by atoms with van der Waals surface area (Å²) in [5.74, 6) is 0.543. The van der Waals surface area contributed by atoms with E-state index in [4.69, 9.17) is 4.52 Å². The highest BCUT2D eigenvalue weighted by molar-refractivity contribution is 7.92. The van der Waals surface area contributed by atoms with Gasteiger partial charge in [0.15, 0.2) is 5.76 Å². The molecule has 3 rings (SSSR count). The first-order chi connectivity index (χ1) is 11.8. The molecule has 0 atom stereocenters. The monoisotopic (exact) mass is 356 g/mol. The average Bonchev–Trinajstić information content (AvgIpc) is 2.98. The number of benzene rings is 2. The Bertz CT molecular complexity index is 1020. The number of aromatic nitrogens is 1. The molecule has 1 N–H and O–H groups in total. The Kier molecular flexibility index (Phi) is 4.39. The van der Waals surface area contributed by atoms with Gasteiger partial charge in [0, 0.05) is 11.6 Å². The molecule has 0 amide bonds. The molecule has 2 aromatic carbocycles. The summed E-state index contributed by atoms with van der Waals surface area (Å²) < 4.78 is 33.9. The van der Waals surface area contributed by atoms with Crippen LogP contribution in [-0.4, -0.2) is 13.6 Å². The van der Waals surface area contributed by atoms with Crippen LogP contribution in [-0.2, 0) is 10.0 Å². The quantitative estimate of drug-likeness (QED) is 0.753. The number of anilines is 1. The number of nitrogens with zero attached hydrogens (tertiary/aromatic N) is 1. The molecule has 0 radical (unpaired) electrons. The van der Waals surface area contributed by atoms with E-state index in [-0.39, 0.29) is 4.90 Å². The van der Waals surface area contributed by atoms with Gasteiger partial charge in [0.25, 0.3) is 10.0 Å². The van der Waals surface area contributed by atoms with Crippen molar-refractivity contribution >= 4 is 15.7 Å². The summed E-state index contributed by atoms with van der Waals surface area (Å²) in [5, 5.41) is 3.86. The van der Waals surface area contributed by atoms with Gasteiger partial charge in [-0.1, -0.05) is 35.5 Å². The van der Waals surface area contributed by atoms with Crippen molar-refractivity contribution in [3.8, 4) is 11.3 Å². The number of hydrogen-bond acceptors (Lipinski definition) is 4. The molecule has 0 bridgehead atoms. The highest BCUT2D eigenvalue weighted by Crippen LogP contribution is 2.28. The van der Waals surface area contributed by atoms with Crippen molar-refractivity contribution < 1.29 is 12.9 Å². The summed E-state index contributed by atoms with van der Waals surface area (Å²) >= 11 is 0. The van der Waals surface area contributed by atoms with Crippen LogP contribution in [0.5, 0.6) is 0 Å². The first-order valence-electron chi connectivity index (χ1n) is 7.91. The molecular formula is C19H20N2O3S. The van der Waals surface area contributed by atoms with Gasteiger partial charge in [-0.15, -0.1) is 0 Å². The lowest BCUT2D eigenvalue weighted by molar-refractivity contribution is 0.427. The Labute approximate surface area is 147 Å². The number of sulfonamides is 1. The molecule has 0 saturated carbocycles. The molecule has 0 fully saturated rings. The third-order valence-corrected chi connectivity index (χ3v) is 5.60. The summed E-state index contributed by atoms with van der Waals surface area (Å²) in [6, 6.07) is 12.7. The Morgan fingerprint density at radius 3 is 2.20 bits per heavy atom. The number of para-hydroxylation sites is 1. The van der Waals surface area contributed by atoms with Gasteiger partial charge in [0.05, 0.1) is 16.3 Å². The number of hydrogen-bond donors (Lipinski definition) is 1. The lowest BCUT2D eigenvalue weighted by atomic mass is 10.1. The molecule has 3 aromatic rings. The van der Waals surface area contributed by atoms with Gasteiger partial charge in [-0.3, -0.25) is 4.72 Å². The van der Waals surface area contributed by atoms with Crippen LogP contribution in [0.15, 0.2) is 51.9 Å².